The van der Waals surface area contributed by atoms with Crippen LogP contribution in [0.5, 0.6) is 0 Å². The highest BCUT2D eigenvalue weighted by Gasteiger charge is 2.24. The molecule has 2 aromatic rings. The number of nitrogens with zero attached hydrogens (tertiary/aromatic N) is 1. The minimum atomic E-state index is -0.0235. The molecule has 1 atom stereocenters. The fraction of sp³-hybridized carbons (Fsp3) is 0.0588. The lowest BCUT2D eigenvalue weighted by Gasteiger charge is -2.27. The van der Waals surface area contributed by atoms with Gasteiger partial charge in [-0.25, -0.2) is 0 Å². The summed E-state index contributed by atoms with van der Waals surface area (Å²) >= 11 is 1.81. The third-order valence-corrected chi connectivity index (χ3v) is 4.72. The number of hydrogen-bond donors (Lipinski definition) is 1. The average Bonchev–Trinajstić information content (AvgIpc) is 2.61. The Labute approximate surface area is 122 Å². The molecule has 0 saturated heterocycles. The second-order valence-electron chi connectivity index (χ2n) is 4.91. The fourth-order valence-electron chi connectivity index (χ4n) is 2.64. The Balaban J connectivity index is 2.00. The van der Waals surface area contributed by atoms with Gasteiger partial charge in [-0.05, 0) is 30.4 Å². The smallest absolute Gasteiger partial charge is 0.0594 e. The van der Waals surface area contributed by atoms with Crippen LogP contribution in [0, 0.1) is 0 Å². The fourth-order valence-corrected chi connectivity index (χ4v) is 3.73. The molecule has 0 radical (unpaired) electrons. The van der Waals surface area contributed by atoms with Crippen molar-refractivity contribution in [3.8, 4) is 0 Å². The normalized spacial score (nSPS) is 19.6. The van der Waals surface area contributed by atoms with Crippen LogP contribution in [-0.4, -0.2) is 6.04 Å². The zero-order valence-electron chi connectivity index (χ0n) is 10.9. The summed E-state index contributed by atoms with van der Waals surface area (Å²) in [4.78, 5) is 4.78. The molecule has 98 valence electrons. The van der Waals surface area contributed by atoms with Gasteiger partial charge in [0.1, 0.15) is 0 Å². The maximum absolute atomic E-state index is 6.07. The topological polar surface area (TPSA) is 29.3 Å². The van der Waals surface area contributed by atoms with Crippen molar-refractivity contribution in [1.82, 2.24) is 0 Å². The molecule has 0 aromatic heterocycles. The van der Waals surface area contributed by atoms with Crippen molar-refractivity contribution in [2.75, 3.05) is 4.90 Å². The van der Waals surface area contributed by atoms with Gasteiger partial charge in [0.05, 0.1) is 11.4 Å². The Hall–Kier alpha value is -1.97. The van der Waals surface area contributed by atoms with Crippen molar-refractivity contribution in [3.63, 3.8) is 0 Å². The summed E-state index contributed by atoms with van der Waals surface area (Å²) in [6.45, 7) is 0. The number of anilines is 1. The van der Waals surface area contributed by atoms with E-state index in [2.05, 4.69) is 65.7 Å². The predicted molar refractivity (Wildman–Crippen MR) is 84.6 cm³/mol. The van der Waals surface area contributed by atoms with Gasteiger partial charge < -0.3 is 10.6 Å². The molecule has 0 bridgehead atoms. The number of nitrogens with two attached hydrogens (primary N) is 1. The van der Waals surface area contributed by atoms with Gasteiger partial charge >= 0.3 is 0 Å². The largest absolute Gasteiger partial charge is 0.321 e. The van der Waals surface area contributed by atoms with E-state index in [0.717, 1.165) is 0 Å². The molecule has 2 aliphatic heterocycles. The van der Waals surface area contributed by atoms with Crippen LogP contribution in [0.15, 0.2) is 76.7 Å². The minimum Gasteiger partial charge on any atom is -0.321 e. The lowest BCUT2D eigenvalue weighted by atomic mass is 10.0. The maximum atomic E-state index is 6.07. The van der Waals surface area contributed by atoms with Gasteiger partial charge in [-0.2, -0.15) is 0 Å². The standard InChI is InChI=1S/C17H14N2S/c18-12-9-10-19-14-6-2-4-8-17(14)20-16-7-3-1-5-13(16)15(19)11-12/h1-12H,18H2. The van der Waals surface area contributed by atoms with Crippen LogP contribution in [0.4, 0.5) is 5.69 Å². The van der Waals surface area contributed by atoms with Gasteiger partial charge in [-0.1, -0.05) is 42.1 Å². The first kappa shape index (κ1) is 11.8. The first-order valence-corrected chi connectivity index (χ1v) is 7.46. The molecule has 20 heavy (non-hydrogen) atoms. The monoisotopic (exact) mass is 278 g/mol. The molecule has 1 unspecified atom stereocenters. The zero-order chi connectivity index (χ0) is 13.5. The number of rotatable bonds is 0. The SMILES string of the molecule is NC1C=CN2C(=C1)c1ccccc1Sc1ccccc12. The highest BCUT2D eigenvalue weighted by molar-refractivity contribution is 7.99. The van der Waals surface area contributed by atoms with E-state index >= 15 is 0 Å². The molecule has 2 aliphatic rings. The third kappa shape index (κ3) is 1.79. The molecule has 0 fully saturated rings. The summed E-state index contributed by atoms with van der Waals surface area (Å²) in [5.41, 5.74) is 9.70. The Bertz CT molecular complexity index is 733. The van der Waals surface area contributed by atoms with E-state index in [1.165, 1.54) is 26.7 Å². The van der Waals surface area contributed by atoms with Crippen molar-refractivity contribution in [2.45, 2.75) is 15.8 Å². The first-order chi connectivity index (χ1) is 9.83. The van der Waals surface area contributed by atoms with E-state index in [4.69, 9.17) is 5.73 Å². The van der Waals surface area contributed by atoms with Crippen molar-refractivity contribution < 1.29 is 0 Å². The van der Waals surface area contributed by atoms with Gasteiger partial charge in [-0.15, -0.1) is 0 Å². The zero-order valence-corrected chi connectivity index (χ0v) is 11.7. The highest BCUT2D eigenvalue weighted by atomic mass is 32.2. The van der Waals surface area contributed by atoms with Crippen molar-refractivity contribution in [2.24, 2.45) is 5.73 Å². The molecule has 2 heterocycles. The maximum Gasteiger partial charge on any atom is 0.0594 e. The summed E-state index contributed by atoms with van der Waals surface area (Å²) in [5.74, 6) is 0. The number of benzene rings is 2. The van der Waals surface area contributed by atoms with Crippen LogP contribution in [0.25, 0.3) is 5.70 Å². The van der Waals surface area contributed by atoms with Crippen molar-refractivity contribution in [3.05, 3.63) is 72.4 Å². The molecule has 0 spiro atoms. The van der Waals surface area contributed by atoms with Gasteiger partial charge in [0.2, 0.25) is 0 Å². The van der Waals surface area contributed by atoms with E-state index < -0.39 is 0 Å². The number of fused-ring (bicyclic) bond motifs is 5. The van der Waals surface area contributed by atoms with Crippen LogP contribution in [-0.2, 0) is 0 Å². The molecule has 0 aliphatic carbocycles. The summed E-state index contributed by atoms with van der Waals surface area (Å²) in [6, 6.07) is 17.0. The second-order valence-corrected chi connectivity index (χ2v) is 5.99. The van der Waals surface area contributed by atoms with E-state index in [9.17, 15) is 0 Å². The summed E-state index contributed by atoms with van der Waals surface area (Å²) in [5, 5.41) is 0. The Morgan fingerprint density at radius 1 is 0.950 bits per heavy atom. The molecule has 2 nitrogen and oxygen atoms in total. The van der Waals surface area contributed by atoms with Crippen LogP contribution >= 0.6 is 11.8 Å². The lowest BCUT2D eigenvalue weighted by molar-refractivity contribution is 0.991. The van der Waals surface area contributed by atoms with E-state index in [1.54, 1.807) is 0 Å². The van der Waals surface area contributed by atoms with E-state index in [-0.39, 0.29) is 6.04 Å². The predicted octanol–water partition coefficient (Wildman–Crippen LogP) is 3.85. The molecule has 0 saturated carbocycles. The molecule has 3 heteroatoms. The lowest BCUT2D eigenvalue weighted by Crippen LogP contribution is -2.25. The van der Waals surface area contributed by atoms with Crippen molar-refractivity contribution >= 4 is 23.1 Å². The molecule has 0 amide bonds. The van der Waals surface area contributed by atoms with Gasteiger partial charge in [0.25, 0.3) is 0 Å². The quantitative estimate of drug-likeness (QED) is 0.793. The van der Waals surface area contributed by atoms with Gasteiger partial charge in [0.15, 0.2) is 0 Å². The minimum absolute atomic E-state index is 0.0235. The molecule has 4 rings (SSSR count). The summed E-state index contributed by atoms with van der Waals surface area (Å²) in [7, 11) is 0. The van der Waals surface area contributed by atoms with Crippen molar-refractivity contribution in [1.29, 1.82) is 0 Å². The number of para-hydroxylation sites is 1. The average molecular weight is 278 g/mol. The van der Waals surface area contributed by atoms with Gasteiger partial charge in [0, 0.05) is 27.6 Å². The van der Waals surface area contributed by atoms with Crippen LogP contribution < -0.4 is 10.6 Å². The summed E-state index contributed by atoms with van der Waals surface area (Å²) in [6.07, 6.45) is 6.24. The third-order valence-electron chi connectivity index (χ3n) is 3.57. The Morgan fingerprint density at radius 2 is 1.70 bits per heavy atom. The van der Waals surface area contributed by atoms with Crippen LogP contribution in [0.3, 0.4) is 0 Å². The number of hydrogen-bond acceptors (Lipinski definition) is 3. The highest BCUT2D eigenvalue weighted by Crippen LogP contribution is 2.46. The molecular weight excluding hydrogens is 264 g/mol. The molecule has 2 N–H and O–H groups in total. The van der Waals surface area contributed by atoms with E-state index in [1.807, 2.05) is 17.8 Å². The van der Waals surface area contributed by atoms with Crippen LogP contribution in [0.1, 0.15) is 5.56 Å². The molecule has 2 aromatic carbocycles. The van der Waals surface area contributed by atoms with Gasteiger partial charge in [-0.3, -0.25) is 0 Å². The summed E-state index contributed by atoms with van der Waals surface area (Å²) < 4.78 is 0. The molecular formula is C17H14N2S. The Kier molecular flexibility index (Phi) is 2.69. The Morgan fingerprint density at radius 3 is 2.60 bits per heavy atom. The van der Waals surface area contributed by atoms with E-state index in [0.29, 0.717) is 0 Å². The second kappa shape index (κ2) is 4.54. The van der Waals surface area contributed by atoms with Crippen LogP contribution in [0.2, 0.25) is 0 Å². The first-order valence-electron chi connectivity index (χ1n) is 6.64.